The van der Waals surface area contributed by atoms with Gasteiger partial charge in [0.1, 0.15) is 0 Å². The van der Waals surface area contributed by atoms with Crippen molar-refractivity contribution in [1.82, 2.24) is 15.5 Å². The Hall–Kier alpha value is -2.04. The van der Waals surface area contributed by atoms with E-state index in [0.29, 0.717) is 5.56 Å². The predicted octanol–water partition coefficient (Wildman–Crippen LogP) is 2.29. The van der Waals surface area contributed by atoms with Crippen LogP contribution in [0.1, 0.15) is 42.6 Å². The van der Waals surface area contributed by atoms with E-state index in [4.69, 9.17) is 4.99 Å². The molecule has 5 nitrogen and oxygen atoms in total. The summed E-state index contributed by atoms with van der Waals surface area (Å²) in [6.07, 6.45) is 3.31. The Kier molecular flexibility index (Phi) is 7.09. The Balaban J connectivity index is 1.95. The number of piperidine rings is 1. The van der Waals surface area contributed by atoms with E-state index in [-0.39, 0.29) is 5.91 Å². The Labute approximate surface area is 145 Å². The van der Waals surface area contributed by atoms with Crippen LogP contribution in [0.5, 0.6) is 0 Å². The van der Waals surface area contributed by atoms with E-state index in [1.54, 1.807) is 7.05 Å². The topological polar surface area (TPSA) is 56.7 Å². The van der Waals surface area contributed by atoms with Gasteiger partial charge in [0, 0.05) is 38.8 Å². The number of aliphatic imine (C=N–C) groups is 1. The molecule has 1 aromatic carbocycles. The second-order valence-electron chi connectivity index (χ2n) is 6.43. The van der Waals surface area contributed by atoms with Crippen LogP contribution in [0.4, 0.5) is 0 Å². The molecular formula is C19H30N4O. The van der Waals surface area contributed by atoms with E-state index in [2.05, 4.69) is 35.4 Å². The molecule has 0 aliphatic carbocycles. The summed E-state index contributed by atoms with van der Waals surface area (Å²) in [5, 5.41) is 6.07. The van der Waals surface area contributed by atoms with Crippen molar-refractivity contribution < 1.29 is 4.79 Å². The summed E-state index contributed by atoms with van der Waals surface area (Å²) in [4.78, 5) is 18.9. The molecule has 0 aromatic heterocycles. The highest BCUT2D eigenvalue weighted by molar-refractivity contribution is 5.94. The molecule has 132 valence electrons. The van der Waals surface area contributed by atoms with E-state index >= 15 is 0 Å². The molecule has 1 aliphatic rings. The fraction of sp³-hybridized carbons (Fsp3) is 0.579. The van der Waals surface area contributed by atoms with Gasteiger partial charge >= 0.3 is 0 Å². The van der Waals surface area contributed by atoms with Gasteiger partial charge in [0.25, 0.3) is 5.91 Å². The quantitative estimate of drug-likeness (QED) is 0.643. The summed E-state index contributed by atoms with van der Waals surface area (Å²) in [7, 11) is 1.65. The summed E-state index contributed by atoms with van der Waals surface area (Å²) >= 11 is 0. The smallest absolute Gasteiger partial charge is 0.251 e. The number of rotatable bonds is 5. The molecule has 0 spiro atoms. The highest BCUT2D eigenvalue weighted by Gasteiger charge is 2.18. The normalized spacial score (nSPS) is 16.1. The second kappa shape index (κ2) is 9.30. The third-order valence-electron chi connectivity index (χ3n) is 4.50. The maximum absolute atomic E-state index is 11.7. The van der Waals surface area contributed by atoms with Gasteiger partial charge in [-0.2, -0.15) is 0 Å². The zero-order valence-electron chi connectivity index (χ0n) is 15.1. The number of carbonyl (C=O) groups is 1. The number of hydrogen-bond acceptors (Lipinski definition) is 2. The van der Waals surface area contributed by atoms with Crippen LogP contribution in [0.3, 0.4) is 0 Å². The first-order valence-corrected chi connectivity index (χ1v) is 8.98. The minimum atomic E-state index is -0.0453. The Bertz CT molecular complexity index is 562. The summed E-state index contributed by atoms with van der Waals surface area (Å²) in [5.74, 6) is 1.79. The predicted molar refractivity (Wildman–Crippen MR) is 99.5 cm³/mol. The van der Waals surface area contributed by atoms with Crippen LogP contribution in [-0.2, 0) is 6.42 Å². The molecule has 5 heteroatoms. The van der Waals surface area contributed by atoms with Crippen LogP contribution in [0.15, 0.2) is 29.3 Å². The summed E-state index contributed by atoms with van der Waals surface area (Å²) in [6, 6.07) is 7.77. The third-order valence-corrected chi connectivity index (χ3v) is 4.50. The van der Waals surface area contributed by atoms with Gasteiger partial charge < -0.3 is 15.5 Å². The van der Waals surface area contributed by atoms with Crippen LogP contribution in [0.25, 0.3) is 0 Å². The first-order valence-electron chi connectivity index (χ1n) is 8.98. The largest absolute Gasteiger partial charge is 0.357 e. The number of guanidine groups is 1. The van der Waals surface area contributed by atoms with Crippen molar-refractivity contribution in [2.24, 2.45) is 10.9 Å². The van der Waals surface area contributed by atoms with Crippen molar-refractivity contribution in [2.45, 2.75) is 33.1 Å². The Morgan fingerprint density at radius 2 is 2.08 bits per heavy atom. The molecule has 0 bridgehead atoms. The molecule has 0 saturated carbocycles. The fourth-order valence-corrected chi connectivity index (χ4v) is 2.95. The van der Waals surface area contributed by atoms with Gasteiger partial charge in [-0.15, -0.1) is 0 Å². The maximum atomic E-state index is 11.7. The van der Waals surface area contributed by atoms with E-state index < -0.39 is 0 Å². The minimum Gasteiger partial charge on any atom is -0.357 e. The summed E-state index contributed by atoms with van der Waals surface area (Å²) < 4.78 is 0. The van der Waals surface area contributed by atoms with Crippen molar-refractivity contribution in [3.05, 3.63) is 35.4 Å². The van der Waals surface area contributed by atoms with Gasteiger partial charge in [-0.25, -0.2) is 0 Å². The van der Waals surface area contributed by atoms with Crippen molar-refractivity contribution in [3.63, 3.8) is 0 Å². The number of likely N-dealkylation sites (tertiary alicyclic amines) is 1. The minimum absolute atomic E-state index is 0.0453. The lowest BCUT2D eigenvalue weighted by Gasteiger charge is -2.33. The van der Waals surface area contributed by atoms with Crippen molar-refractivity contribution in [3.8, 4) is 0 Å². The number of nitrogens with zero attached hydrogens (tertiary/aromatic N) is 2. The van der Waals surface area contributed by atoms with Crippen molar-refractivity contribution >= 4 is 11.9 Å². The average Bonchev–Trinajstić information content (AvgIpc) is 2.61. The first-order chi connectivity index (χ1) is 11.6. The molecule has 2 N–H and O–H groups in total. The van der Waals surface area contributed by atoms with Crippen LogP contribution in [-0.4, -0.2) is 50.0 Å². The van der Waals surface area contributed by atoms with E-state index in [1.165, 1.54) is 12.8 Å². The van der Waals surface area contributed by atoms with Gasteiger partial charge in [0.15, 0.2) is 5.96 Å². The van der Waals surface area contributed by atoms with Crippen molar-refractivity contribution in [1.29, 1.82) is 0 Å². The lowest BCUT2D eigenvalue weighted by molar-refractivity contribution is 0.0963. The Morgan fingerprint density at radius 3 is 2.75 bits per heavy atom. The number of carbonyl (C=O) groups excluding carboxylic acids is 1. The monoisotopic (exact) mass is 330 g/mol. The van der Waals surface area contributed by atoms with Crippen LogP contribution < -0.4 is 10.6 Å². The van der Waals surface area contributed by atoms with Gasteiger partial charge in [-0.05, 0) is 49.8 Å². The fourth-order valence-electron chi connectivity index (χ4n) is 2.95. The Morgan fingerprint density at radius 1 is 1.33 bits per heavy atom. The first kappa shape index (κ1) is 18.3. The lowest BCUT2D eigenvalue weighted by Crippen LogP contribution is -2.45. The number of amides is 1. The summed E-state index contributed by atoms with van der Waals surface area (Å²) in [6.45, 7) is 8.21. The van der Waals surface area contributed by atoms with Gasteiger partial charge in [-0.3, -0.25) is 9.79 Å². The molecule has 24 heavy (non-hydrogen) atoms. The number of nitrogens with one attached hydrogen (secondary N) is 2. The van der Waals surface area contributed by atoms with Crippen LogP contribution >= 0.6 is 0 Å². The van der Waals surface area contributed by atoms with E-state index in [1.807, 2.05) is 18.2 Å². The van der Waals surface area contributed by atoms with Crippen molar-refractivity contribution in [2.75, 3.05) is 33.2 Å². The molecule has 2 rings (SSSR count). The van der Waals surface area contributed by atoms with E-state index in [0.717, 1.165) is 50.0 Å². The molecule has 0 unspecified atom stereocenters. The molecule has 0 atom stereocenters. The second-order valence-corrected chi connectivity index (χ2v) is 6.43. The molecule has 1 saturated heterocycles. The number of benzene rings is 1. The highest BCUT2D eigenvalue weighted by atomic mass is 16.1. The molecule has 1 aliphatic heterocycles. The SMILES string of the molecule is CCNC(=NCCc1cccc(C(=O)NC)c1)N1CCC(C)CC1. The highest BCUT2D eigenvalue weighted by Crippen LogP contribution is 2.16. The standard InChI is InChI=1S/C19H30N4O/c1-4-21-19(23-12-9-15(2)10-13-23)22-11-8-16-6-5-7-17(14-16)18(24)20-3/h5-7,14-15H,4,8-13H2,1-3H3,(H,20,24)(H,21,22). The van der Waals surface area contributed by atoms with Crippen LogP contribution in [0, 0.1) is 5.92 Å². The molecular weight excluding hydrogens is 300 g/mol. The zero-order chi connectivity index (χ0) is 17.4. The molecule has 0 radical (unpaired) electrons. The maximum Gasteiger partial charge on any atom is 0.251 e. The zero-order valence-corrected chi connectivity index (χ0v) is 15.1. The van der Waals surface area contributed by atoms with Gasteiger partial charge in [0.05, 0.1) is 0 Å². The average molecular weight is 330 g/mol. The van der Waals surface area contributed by atoms with Crippen LogP contribution in [0.2, 0.25) is 0 Å². The molecule has 1 fully saturated rings. The third kappa shape index (κ3) is 5.25. The molecule has 1 aromatic rings. The summed E-state index contributed by atoms with van der Waals surface area (Å²) in [5.41, 5.74) is 1.85. The van der Waals surface area contributed by atoms with E-state index in [9.17, 15) is 4.79 Å². The number of hydrogen-bond donors (Lipinski definition) is 2. The lowest BCUT2D eigenvalue weighted by atomic mass is 10.00. The molecule has 1 amide bonds. The van der Waals surface area contributed by atoms with Gasteiger partial charge in [-0.1, -0.05) is 19.1 Å². The van der Waals surface area contributed by atoms with Gasteiger partial charge in [0.2, 0.25) is 0 Å². The molecule has 1 heterocycles.